The predicted octanol–water partition coefficient (Wildman–Crippen LogP) is 10.1. The highest BCUT2D eigenvalue weighted by atomic mass is 31.2. The van der Waals surface area contributed by atoms with Crippen molar-refractivity contribution in [1.29, 1.82) is 0 Å². The Morgan fingerprint density at radius 3 is 1.68 bits per heavy atom. The molecule has 18 heteroatoms. The van der Waals surface area contributed by atoms with Gasteiger partial charge in [-0.25, -0.2) is 9.13 Å². The van der Waals surface area contributed by atoms with Crippen molar-refractivity contribution in [3.8, 4) is 0 Å². The summed E-state index contributed by atoms with van der Waals surface area (Å²) >= 11 is 0. The second-order valence-corrected chi connectivity index (χ2v) is 21.4. The molecule has 1 fully saturated rings. The van der Waals surface area contributed by atoms with E-state index in [0.29, 0.717) is 38.5 Å². The van der Waals surface area contributed by atoms with Crippen LogP contribution in [0.5, 0.6) is 0 Å². The average Bonchev–Trinajstić information content (AvgIpc) is 3.53. The number of allylic oxidation sites excluding steroid dienone is 1. The number of unbranched alkanes of at least 4 members (excludes halogenated alkanes) is 20. The molecule has 1 aliphatic rings. The SMILES string of the molecule is CCCCC[C@H](O)/C=C/[C@H]1C(=O)C[C@H](O)[C@@H]1CCCCCCC(=O)O[C@H](COC(=O)CCCCCCCCCCCCCCCCCCC(C)C)COP(=O)(O)OC[C@@H](O)COP(=O)(O)O. The fraction of sp³-hybridized carbons (Fsp3) is 0.896. The van der Waals surface area contributed by atoms with Crippen LogP contribution in [-0.2, 0) is 46.6 Å². The normalized spacial score (nSPS) is 19.1. The van der Waals surface area contributed by atoms with Crippen molar-refractivity contribution in [2.45, 2.75) is 231 Å². The van der Waals surface area contributed by atoms with Gasteiger partial charge in [0.05, 0.1) is 32.0 Å². The second-order valence-electron chi connectivity index (χ2n) is 18.7. The van der Waals surface area contributed by atoms with Gasteiger partial charge >= 0.3 is 27.6 Å². The van der Waals surface area contributed by atoms with E-state index < -0.39 is 84.3 Å². The molecule has 0 radical (unpaired) electrons. The Balaban J connectivity index is 2.45. The van der Waals surface area contributed by atoms with E-state index in [1.165, 1.54) is 83.5 Å². The summed E-state index contributed by atoms with van der Waals surface area (Å²) in [5, 5.41) is 30.6. The molecule has 66 heavy (non-hydrogen) atoms. The van der Waals surface area contributed by atoms with Crippen LogP contribution >= 0.6 is 15.6 Å². The topological polar surface area (TPSA) is 253 Å². The number of hydrogen-bond acceptors (Lipinski definition) is 13. The Bertz CT molecular complexity index is 1390. The number of ketones is 1. The number of aliphatic hydroxyl groups is 3. The third-order valence-corrected chi connectivity index (χ3v) is 13.4. The summed E-state index contributed by atoms with van der Waals surface area (Å²) in [6, 6.07) is 0. The monoisotopic (exact) mass is 985 g/mol. The number of esters is 2. The van der Waals surface area contributed by atoms with Crippen LogP contribution in [0.2, 0.25) is 0 Å². The third kappa shape index (κ3) is 35.5. The van der Waals surface area contributed by atoms with Crippen molar-refractivity contribution in [2.75, 3.05) is 26.4 Å². The largest absolute Gasteiger partial charge is 0.472 e. The Kier molecular flexibility index (Phi) is 36.2. The van der Waals surface area contributed by atoms with E-state index in [1.54, 1.807) is 12.2 Å². The van der Waals surface area contributed by atoms with Gasteiger partial charge in [-0.3, -0.25) is 28.0 Å². The minimum absolute atomic E-state index is 0.00577. The number of ether oxygens (including phenoxy) is 2. The third-order valence-electron chi connectivity index (χ3n) is 12.0. The van der Waals surface area contributed by atoms with Gasteiger partial charge < -0.3 is 39.5 Å². The summed E-state index contributed by atoms with van der Waals surface area (Å²) in [5.41, 5.74) is 0. The summed E-state index contributed by atoms with van der Waals surface area (Å²) in [4.78, 5) is 65.7. The van der Waals surface area contributed by atoms with Crippen LogP contribution in [0.25, 0.3) is 0 Å². The van der Waals surface area contributed by atoms with Crippen molar-refractivity contribution in [3.05, 3.63) is 12.2 Å². The predicted molar refractivity (Wildman–Crippen MR) is 254 cm³/mol. The van der Waals surface area contributed by atoms with Gasteiger partial charge in [-0.2, -0.15) is 0 Å². The molecule has 0 heterocycles. The van der Waals surface area contributed by atoms with Gasteiger partial charge in [0.1, 0.15) is 18.5 Å². The highest BCUT2D eigenvalue weighted by Gasteiger charge is 2.39. The summed E-state index contributed by atoms with van der Waals surface area (Å²) in [6.07, 6.45) is 26.7. The van der Waals surface area contributed by atoms with Crippen LogP contribution in [-0.4, -0.2) is 98.6 Å². The number of hydrogen-bond donors (Lipinski definition) is 6. The van der Waals surface area contributed by atoms with E-state index >= 15 is 0 Å². The molecule has 0 bridgehead atoms. The number of rotatable bonds is 44. The fourth-order valence-corrected chi connectivity index (χ4v) is 9.24. The molecule has 6 N–H and O–H groups in total. The number of Topliss-reactive ketones (excluding diaryl/α,β-unsaturated/α-hetero) is 1. The molecule has 1 saturated carbocycles. The molecule has 0 aromatic rings. The zero-order valence-electron chi connectivity index (χ0n) is 40.7. The van der Waals surface area contributed by atoms with E-state index in [0.717, 1.165) is 50.9 Å². The first-order valence-corrected chi connectivity index (χ1v) is 28.4. The average molecular weight is 985 g/mol. The maximum Gasteiger partial charge on any atom is 0.472 e. The molecule has 0 aliphatic heterocycles. The Morgan fingerprint density at radius 2 is 1.14 bits per heavy atom. The molecule has 0 spiro atoms. The van der Waals surface area contributed by atoms with Crippen molar-refractivity contribution < 1.29 is 76.6 Å². The quantitative estimate of drug-likeness (QED) is 0.0144. The zero-order valence-corrected chi connectivity index (χ0v) is 42.5. The summed E-state index contributed by atoms with van der Waals surface area (Å²) < 4.78 is 48.0. The maximum absolute atomic E-state index is 12.8. The standard InChI is InChI=1S/C48H90O16P2/c1-4-5-22-28-40(49)32-33-44-43(45(51)34-46(44)52)29-24-20-21-26-31-48(54)64-42(38-63-66(58,59)62-36-41(50)35-61-65(55,56)57)37-60-47(53)30-25-19-17-15-13-11-9-7-6-8-10-12-14-16-18-23-27-39(2)3/h32-33,39-45,49-51H,4-31,34-38H2,1-3H3,(H,58,59)(H2,55,56,57)/b33-32+/t40-,41-,42+,43+,44+,45-/m0/s1. The number of phosphoric acid groups is 2. The van der Waals surface area contributed by atoms with Gasteiger partial charge in [-0.05, 0) is 37.5 Å². The number of phosphoric ester groups is 2. The number of carbonyl (C=O) groups is 3. The first-order chi connectivity index (χ1) is 31.4. The molecular weight excluding hydrogens is 894 g/mol. The molecule has 0 amide bonds. The van der Waals surface area contributed by atoms with Crippen molar-refractivity contribution in [3.63, 3.8) is 0 Å². The van der Waals surface area contributed by atoms with Gasteiger partial charge in [-0.1, -0.05) is 174 Å². The van der Waals surface area contributed by atoms with Crippen molar-refractivity contribution in [2.24, 2.45) is 17.8 Å². The lowest BCUT2D eigenvalue weighted by atomic mass is 9.88. The Morgan fingerprint density at radius 1 is 0.652 bits per heavy atom. The fourth-order valence-electron chi connectivity index (χ4n) is 8.09. The molecule has 388 valence electrons. The first kappa shape index (κ1) is 62.5. The van der Waals surface area contributed by atoms with Crippen LogP contribution in [0.4, 0.5) is 0 Å². The van der Waals surface area contributed by atoms with E-state index in [-0.39, 0.29) is 31.0 Å². The van der Waals surface area contributed by atoms with Crippen molar-refractivity contribution in [1.82, 2.24) is 0 Å². The molecule has 16 nitrogen and oxygen atoms in total. The molecule has 1 rings (SSSR count). The van der Waals surface area contributed by atoms with Gasteiger partial charge in [0, 0.05) is 25.2 Å². The second kappa shape index (κ2) is 38.2. The van der Waals surface area contributed by atoms with Crippen LogP contribution in [0.15, 0.2) is 12.2 Å². The maximum atomic E-state index is 12.8. The number of aliphatic hydroxyl groups excluding tert-OH is 3. The minimum atomic E-state index is -4.90. The Hall–Kier alpha value is -1.55. The molecule has 0 saturated heterocycles. The van der Waals surface area contributed by atoms with E-state index in [2.05, 4.69) is 25.3 Å². The number of carbonyl (C=O) groups excluding carboxylic acids is 3. The van der Waals surface area contributed by atoms with Gasteiger partial charge in [0.2, 0.25) is 0 Å². The lowest BCUT2D eigenvalue weighted by Gasteiger charge is -2.20. The van der Waals surface area contributed by atoms with E-state index in [9.17, 15) is 43.7 Å². The smallest absolute Gasteiger partial charge is 0.462 e. The lowest BCUT2D eigenvalue weighted by molar-refractivity contribution is -0.161. The zero-order chi connectivity index (χ0) is 49.1. The van der Waals surface area contributed by atoms with Crippen LogP contribution in [0.1, 0.15) is 207 Å². The van der Waals surface area contributed by atoms with E-state index in [4.69, 9.17) is 28.3 Å². The lowest BCUT2D eigenvalue weighted by Crippen LogP contribution is -2.30. The van der Waals surface area contributed by atoms with Gasteiger partial charge in [-0.15, -0.1) is 0 Å². The molecule has 7 atom stereocenters. The van der Waals surface area contributed by atoms with Crippen LogP contribution in [0, 0.1) is 17.8 Å². The van der Waals surface area contributed by atoms with Gasteiger partial charge in [0.25, 0.3) is 0 Å². The first-order valence-electron chi connectivity index (χ1n) is 25.3. The molecular formula is C48H90O16P2. The summed E-state index contributed by atoms with van der Waals surface area (Å²) in [6.45, 7) is 3.76. The Labute approximate surface area is 396 Å². The highest BCUT2D eigenvalue weighted by molar-refractivity contribution is 7.47. The van der Waals surface area contributed by atoms with E-state index in [1.807, 2.05) is 0 Å². The van der Waals surface area contributed by atoms with Crippen LogP contribution < -0.4 is 0 Å². The summed E-state index contributed by atoms with van der Waals surface area (Å²) in [5.74, 6) is -1.08. The summed E-state index contributed by atoms with van der Waals surface area (Å²) in [7, 11) is -9.77. The van der Waals surface area contributed by atoms with Crippen molar-refractivity contribution >= 4 is 33.4 Å². The highest BCUT2D eigenvalue weighted by Crippen LogP contribution is 2.44. The minimum Gasteiger partial charge on any atom is -0.462 e. The molecule has 0 aromatic heterocycles. The van der Waals surface area contributed by atoms with Crippen LogP contribution in [0.3, 0.4) is 0 Å². The van der Waals surface area contributed by atoms with Gasteiger partial charge in [0.15, 0.2) is 6.10 Å². The molecule has 1 aliphatic carbocycles. The molecule has 0 aromatic carbocycles. The molecule has 1 unspecified atom stereocenters.